The zero-order valence-electron chi connectivity index (χ0n) is 14.6. The third-order valence-electron chi connectivity index (χ3n) is 5.29. The smallest absolute Gasteiger partial charge is 0.245 e. The van der Waals surface area contributed by atoms with Gasteiger partial charge in [0.05, 0.1) is 0 Å². The summed E-state index contributed by atoms with van der Waals surface area (Å²) >= 11 is 0. The fourth-order valence-electron chi connectivity index (χ4n) is 3.81. The van der Waals surface area contributed by atoms with E-state index < -0.39 is 5.54 Å². The number of nitrogens with one attached hydrogen (secondary N) is 3. The van der Waals surface area contributed by atoms with Crippen molar-refractivity contribution in [2.75, 3.05) is 19.6 Å². The molecular formula is C18H33N3O2. The number of carbonyl (C=O) groups excluding carboxylic acids is 2. The van der Waals surface area contributed by atoms with Gasteiger partial charge in [0.2, 0.25) is 11.8 Å². The minimum absolute atomic E-state index is 0.0225. The number of piperidine rings is 1. The number of rotatable bonds is 7. The molecule has 0 unspecified atom stereocenters. The van der Waals surface area contributed by atoms with Gasteiger partial charge in [-0.25, -0.2) is 0 Å². The number of carbonyl (C=O) groups is 2. The maximum atomic E-state index is 12.6. The van der Waals surface area contributed by atoms with Gasteiger partial charge in [-0.3, -0.25) is 9.59 Å². The van der Waals surface area contributed by atoms with Crippen LogP contribution in [0, 0.1) is 5.92 Å². The van der Waals surface area contributed by atoms with Crippen LogP contribution in [0.1, 0.15) is 71.1 Å². The first-order valence-electron chi connectivity index (χ1n) is 9.46. The molecule has 1 saturated carbocycles. The number of hydrogen-bond acceptors (Lipinski definition) is 3. The van der Waals surface area contributed by atoms with E-state index in [9.17, 15) is 9.59 Å². The van der Waals surface area contributed by atoms with Crippen LogP contribution in [-0.2, 0) is 9.59 Å². The van der Waals surface area contributed by atoms with Crippen molar-refractivity contribution in [2.24, 2.45) is 5.92 Å². The molecule has 0 spiro atoms. The number of hydrogen-bond donors (Lipinski definition) is 3. The Bertz CT molecular complexity index is 386. The predicted octanol–water partition coefficient (Wildman–Crippen LogP) is 2.11. The summed E-state index contributed by atoms with van der Waals surface area (Å²) in [5.74, 6) is 0.726. The summed E-state index contributed by atoms with van der Waals surface area (Å²) in [6, 6.07) is 0. The summed E-state index contributed by atoms with van der Waals surface area (Å²) in [5, 5.41) is 9.46. The Hall–Kier alpha value is -1.10. The highest BCUT2D eigenvalue weighted by Crippen LogP contribution is 2.29. The van der Waals surface area contributed by atoms with Crippen LogP contribution >= 0.6 is 0 Å². The van der Waals surface area contributed by atoms with Crippen LogP contribution in [-0.4, -0.2) is 37.0 Å². The van der Waals surface area contributed by atoms with Crippen LogP contribution in [0.15, 0.2) is 0 Å². The summed E-state index contributed by atoms with van der Waals surface area (Å²) in [6.07, 6.45) is 9.50. The Morgan fingerprint density at radius 2 is 1.83 bits per heavy atom. The van der Waals surface area contributed by atoms with Crippen molar-refractivity contribution in [2.45, 2.75) is 76.7 Å². The lowest BCUT2D eigenvalue weighted by atomic mass is 9.80. The van der Waals surface area contributed by atoms with Gasteiger partial charge in [-0.05, 0) is 57.5 Å². The molecule has 5 heteroatoms. The molecule has 5 nitrogen and oxygen atoms in total. The number of amides is 2. The largest absolute Gasteiger partial charge is 0.354 e. The molecule has 1 saturated heterocycles. The Morgan fingerprint density at radius 1 is 1.13 bits per heavy atom. The summed E-state index contributed by atoms with van der Waals surface area (Å²) in [6.45, 7) is 4.86. The van der Waals surface area contributed by atoms with Crippen molar-refractivity contribution < 1.29 is 9.59 Å². The summed E-state index contributed by atoms with van der Waals surface area (Å²) in [7, 11) is 0. The van der Waals surface area contributed by atoms with E-state index in [2.05, 4.69) is 16.0 Å². The van der Waals surface area contributed by atoms with Crippen LogP contribution in [0.5, 0.6) is 0 Å². The van der Waals surface area contributed by atoms with Gasteiger partial charge in [-0.2, -0.15) is 0 Å². The van der Waals surface area contributed by atoms with E-state index in [0.29, 0.717) is 18.9 Å². The molecule has 0 aromatic rings. The first-order valence-corrected chi connectivity index (χ1v) is 9.46. The molecule has 3 N–H and O–H groups in total. The van der Waals surface area contributed by atoms with Crippen LogP contribution in [0.4, 0.5) is 0 Å². The fourth-order valence-corrected chi connectivity index (χ4v) is 3.81. The fraction of sp³-hybridized carbons (Fsp3) is 0.889. The van der Waals surface area contributed by atoms with E-state index in [1.165, 1.54) is 0 Å². The van der Waals surface area contributed by atoms with Gasteiger partial charge in [0.15, 0.2) is 0 Å². The molecule has 0 bridgehead atoms. The molecule has 132 valence electrons. The Balaban J connectivity index is 1.85. The van der Waals surface area contributed by atoms with Crippen molar-refractivity contribution >= 4 is 11.8 Å². The van der Waals surface area contributed by atoms with Crippen molar-refractivity contribution in [1.82, 2.24) is 16.0 Å². The van der Waals surface area contributed by atoms with Crippen molar-refractivity contribution in [3.8, 4) is 0 Å². The minimum Gasteiger partial charge on any atom is -0.354 e. The van der Waals surface area contributed by atoms with Gasteiger partial charge in [0, 0.05) is 13.0 Å². The molecule has 2 amide bonds. The third kappa shape index (κ3) is 5.48. The molecule has 0 aromatic heterocycles. The van der Waals surface area contributed by atoms with E-state index in [1.807, 2.05) is 6.92 Å². The maximum Gasteiger partial charge on any atom is 0.245 e. The standard InChI is InChI=1S/C18H33N3O2/c1-2-12-20-17(23)18(10-4-3-5-11-18)21-16(22)7-6-15-8-13-19-14-9-15/h15,19H,2-14H2,1H3,(H,20,23)(H,21,22). The van der Waals surface area contributed by atoms with Gasteiger partial charge in [0.25, 0.3) is 0 Å². The van der Waals surface area contributed by atoms with E-state index in [1.54, 1.807) is 0 Å². The molecule has 2 rings (SSSR count). The van der Waals surface area contributed by atoms with Crippen LogP contribution in [0.2, 0.25) is 0 Å². The normalized spacial score (nSPS) is 21.6. The van der Waals surface area contributed by atoms with Gasteiger partial charge < -0.3 is 16.0 Å². The van der Waals surface area contributed by atoms with Crippen molar-refractivity contribution in [3.63, 3.8) is 0 Å². The average Bonchev–Trinajstić information content (AvgIpc) is 2.59. The van der Waals surface area contributed by atoms with Crippen LogP contribution in [0.3, 0.4) is 0 Å². The second kappa shape index (κ2) is 9.26. The second-order valence-electron chi connectivity index (χ2n) is 7.18. The van der Waals surface area contributed by atoms with Crippen molar-refractivity contribution in [3.05, 3.63) is 0 Å². The van der Waals surface area contributed by atoms with Gasteiger partial charge in [-0.1, -0.05) is 26.2 Å². The minimum atomic E-state index is -0.654. The monoisotopic (exact) mass is 323 g/mol. The highest BCUT2D eigenvalue weighted by atomic mass is 16.2. The lowest BCUT2D eigenvalue weighted by Crippen LogP contribution is -2.59. The molecule has 0 atom stereocenters. The molecule has 0 radical (unpaired) electrons. The topological polar surface area (TPSA) is 70.2 Å². The quantitative estimate of drug-likeness (QED) is 0.672. The lowest BCUT2D eigenvalue weighted by molar-refractivity contribution is -0.135. The summed E-state index contributed by atoms with van der Waals surface area (Å²) in [4.78, 5) is 25.0. The average molecular weight is 323 g/mol. The Morgan fingerprint density at radius 3 is 2.48 bits per heavy atom. The molecule has 23 heavy (non-hydrogen) atoms. The van der Waals surface area contributed by atoms with Gasteiger partial charge in [0.1, 0.15) is 5.54 Å². The van der Waals surface area contributed by atoms with Gasteiger partial charge >= 0.3 is 0 Å². The van der Waals surface area contributed by atoms with E-state index in [4.69, 9.17) is 0 Å². The highest BCUT2D eigenvalue weighted by molar-refractivity contribution is 5.91. The molecule has 1 aliphatic carbocycles. The van der Waals surface area contributed by atoms with E-state index >= 15 is 0 Å². The van der Waals surface area contributed by atoms with Crippen molar-refractivity contribution in [1.29, 1.82) is 0 Å². The summed E-state index contributed by atoms with van der Waals surface area (Å²) in [5.41, 5.74) is -0.654. The predicted molar refractivity (Wildman–Crippen MR) is 92.1 cm³/mol. The molecule has 2 fully saturated rings. The Kier molecular flexibility index (Phi) is 7.34. The van der Waals surface area contributed by atoms with E-state index in [0.717, 1.165) is 70.9 Å². The van der Waals surface area contributed by atoms with E-state index in [-0.39, 0.29) is 11.8 Å². The van der Waals surface area contributed by atoms with Crippen LogP contribution in [0.25, 0.3) is 0 Å². The molecule has 1 heterocycles. The molecule has 1 aliphatic heterocycles. The third-order valence-corrected chi connectivity index (χ3v) is 5.29. The molecule has 0 aromatic carbocycles. The second-order valence-corrected chi connectivity index (χ2v) is 7.18. The molecular weight excluding hydrogens is 290 g/mol. The highest BCUT2D eigenvalue weighted by Gasteiger charge is 2.40. The molecule has 2 aliphatic rings. The first kappa shape index (κ1) is 18.2. The van der Waals surface area contributed by atoms with Crippen LogP contribution < -0.4 is 16.0 Å². The first-order chi connectivity index (χ1) is 11.2. The summed E-state index contributed by atoms with van der Waals surface area (Å²) < 4.78 is 0. The lowest BCUT2D eigenvalue weighted by Gasteiger charge is -2.37. The maximum absolute atomic E-state index is 12.6. The zero-order chi connectivity index (χ0) is 16.5. The zero-order valence-corrected chi connectivity index (χ0v) is 14.6. The Labute approximate surface area is 140 Å². The SMILES string of the molecule is CCCNC(=O)C1(NC(=O)CCC2CCNCC2)CCCCC1. The van der Waals surface area contributed by atoms with Gasteiger partial charge in [-0.15, -0.1) is 0 Å².